The van der Waals surface area contributed by atoms with Gasteiger partial charge in [0, 0.05) is 19.6 Å². The second-order valence-corrected chi connectivity index (χ2v) is 5.23. The molecule has 0 saturated heterocycles. The van der Waals surface area contributed by atoms with Gasteiger partial charge in [0.15, 0.2) is 0 Å². The largest absolute Gasteiger partial charge is 0.497 e. The summed E-state index contributed by atoms with van der Waals surface area (Å²) in [7, 11) is 3.29. The lowest BCUT2D eigenvalue weighted by Gasteiger charge is -2.21. The number of nitrogens with one attached hydrogen (secondary N) is 1. The molecule has 1 aliphatic carbocycles. The Labute approximate surface area is 126 Å². The number of methoxy groups -OCH3 is 2. The van der Waals surface area contributed by atoms with Crippen LogP contribution in [0.4, 0.5) is 0 Å². The number of carbonyl (C=O) groups excluding carboxylic acids is 1. The number of hydrogen-bond acceptors (Lipinski definition) is 3. The second-order valence-electron chi connectivity index (χ2n) is 5.23. The molecule has 0 fully saturated rings. The molecule has 1 amide bonds. The van der Waals surface area contributed by atoms with Gasteiger partial charge in [-0.15, -0.1) is 0 Å². The molecule has 1 aliphatic rings. The van der Waals surface area contributed by atoms with Crippen molar-refractivity contribution in [1.82, 2.24) is 5.32 Å². The molecule has 1 N–H and O–H groups in total. The Morgan fingerprint density at radius 1 is 1.38 bits per heavy atom. The third kappa shape index (κ3) is 4.33. The minimum atomic E-state index is -0.164. The summed E-state index contributed by atoms with van der Waals surface area (Å²) in [6.07, 6.45) is 6.81. The van der Waals surface area contributed by atoms with E-state index in [0.717, 1.165) is 30.6 Å². The Balaban J connectivity index is 1.92. The highest BCUT2D eigenvalue weighted by atomic mass is 16.5. The summed E-state index contributed by atoms with van der Waals surface area (Å²) in [6, 6.07) is 7.73. The molecule has 0 unspecified atom stereocenters. The Morgan fingerprint density at radius 2 is 2.24 bits per heavy atom. The fraction of sp³-hybridized carbons (Fsp3) is 0.471. The molecule has 0 heterocycles. The lowest BCUT2D eigenvalue weighted by atomic mass is 9.93. The average Bonchev–Trinajstić information content (AvgIpc) is 2.56. The number of carbonyl (C=O) groups is 1. The van der Waals surface area contributed by atoms with Crippen LogP contribution < -0.4 is 10.1 Å². The third-order valence-electron chi connectivity index (χ3n) is 3.85. The quantitative estimate of drug-likeness (QED) is 0.819. The van der Waals surface area contributed by atoms with Gasteiger partial charge >= 0.3 is 0 Å². The molecule has 21 heavy (non-hydrogen) atoms. The number of rotatable bonds is 6. The average molecular weight is 289 g/mol. The van der Waals surface area contributed by atoms with E-state index in [4.69, 9.17) is 9.47 Å². The molecule has 0 aliphatic heterocycles. The molecule has 4 heteroatoms. The van der Waals surface area contributed by atoms with E-state index in [1.54, 1.807) is 14.2 Å². The standard InChI is InChI=1S/C17H23NO3/c1-20-15-10-6-9-14(11-15)16(21-2)12-18-17(19)13-7-4-3-5-8-13/h3-4,6,9-11,13,16H,5,7-8,12H2,1-2H3,(H,18,19)/t13-,16+/m1/s1. The molecular formula is C17H23NO3. The highest BCUT2D eigenvalue weighted by Crippen LogP contribution is 2.22. The Hall–Kier alpha value is -1.81. The number of allylic oxidation sites excluding steroid dienone is 2. The fourth-order valence-electron chi connectivity index (χ4n) is 2.55. The molecule has 1 aromatic rings. The molecule has 4 nitrogen and oxygen atoms in total. The molecular weight excluding hydrogens is 266 g/mol. The zero-order valence-corrected chi connectivity index (χ0v) is 12.7. The highest BCUT2D eigenvalue weighted by molar-refractivity contribution is 5.79. The van der Waals surface area contributed by atoms with Crippen LogP contribution in [-0.2, 0) is 9.53 Å². The number of ether oxygens (including phenoxy) is 2. The topological polar surface area (TPSA) is 47.6 Å². The van der Waals surface area contributed by atoms with Crippen molar-refractivity contribution in [2.75, 3.05) is 20.8 Å². The Kier molecular flexibility index (Phi) is 5.81. The summed E-state index contributed by atoms with van der Waals surface area (Å²) in [5.41, 5.74) is 1.00. The molecule has 0 spiro atoms. The van der Waals surface area contributed by atoms with Gasteiger partial charge in [-0.3, -0.25) is 4.79 Å². The van der Waals surface area contributed by atoms with Gasteiger partial charge in [-0.05, 0) is 37.0 Å². The minimum Gasteiger partial charge on any atom is -0.497 e. The van der Waals surface area contributed by atoms with Crippen molar-refractivity contribution in [2.45, 2.75) is 25.4 Å². The predicted octanol–water partition coefficient (Wildman–Crippen LogP) is 2.86. The summed E-state index contributed by atoms with van der Waals surface area (Å²) in [6.45, 7) is 0.475. The lowest BCUT2D eigenvalue weighted by molar-refractivity contribution is -0.125. The van der Waals surface area contributed by atoms with Crippen molar-refractivity contribution < 1.29 is 14.3 Å². The predicted molar refractivity (Wildman–Crippen MR) is 82.2 cm³/mol. The Morgan fingerprint density at radius 3 is 2.90 bits per heavy atom. The first-order valence-corrected chi connectivity index (χ1v) is 7.34. The van der Waals surface area contributed by atoms with Gasteiger partial charge in [-0.25, -0.2) is 0 Å². The normalized spacial score (nSPS) is 19.0. The van der Waals surface area contributed by atoms with E-state index < -0.39 is 0 Å². The van der Waals surface area contributed by atoms with Crippen molar-refractivity contribution in [3.05, 3.63) is 42.0 Å². The van der Waals surface area contributed by atoms with Crippen LogP contribution >= 0.6 is 0 Å². The van der Waals surface area contributed by atoms with Gasteiger partial charge in [0.2, 0.25) is 5.91 Å². The van der Waals surface area contributed by atoms with Crippen LogP contribution in [0.25, 0.3) is 0 Å². The van der Waals surface area contributed by atoms with Crippen LogP contribution in [0.5, 0.6) is 5.75 Å². The van der Waals surface area contributed by atoms with E-state index in [2.05, 4.69) is 17.5 Å². The van der Waals surface area contributed by atoms with E-state index in [9.17, 15) is 4.79 Å². The summed E-state index contributed by atoms with van der Waals surface area (Å²) in [5.74, 6) is 1.00. The van der Waals surface area contributed by atoms with Gasteiger partial charge in [0.25, 0.3) is 0 Å². The van der Waals surface area contributed by atoms with Crippen molar-refractivity contribution in [3.63, 3.8) is 0 Å². The smallest absolute Gasteiger partial charge is 0.223 e. The van der Waals surface area contributed by atoms with Crippen LogP contribution in [0.15, 0.2) is 36.4 Å². The van der Waals surface area contributed by atoms with Crippen molar-refractivity contribution in [2.24, 2.45) is 5.92 Å². The van der Waals surface area contributed by atoms with Crippen LogP contribution in [0.1, 0.15) is 30.9 Å². The molecule has 0 saturated carbocycles. The van der Waals surface area contributed by atoms with E-state index in [0.29, 0.717) is 6.54 Å². The van der Waals surface area contributed by atoms with E-state index >= 15 is 0 Å². The zero-order valence-electron chi connectivity index (χ0n) is 12.7. The summed E-state index contributed by atoms with van der Waals surface area (Å²) in [5, 5.41) is 3.00. The Bertz CT molecular complexity index is 499. The molecule has 0 aromatic heterocycles. The van der Waals surface area contributed by atoms with E-state index in [-0.39, 0.29) is 17.9 Å². The minimum absolute atomic E-state index is 0.0952. The number of hydrogen-bond donors (Lipinski definition) is 1. The lowest BCUT2D eigenvalue weighted by Crippen LogP contribution is -2.34. The third-order valence-corrected chi connectivity index (χ3v) is 3.85. The van der Waals surface area contributed by atoms with Crippen molar-refractivity contribution >= 4 is 5.91 Å². The fourth-order valence-corrected chi connectivity index (χ4v) is 2.55. The van der Waals surface area contributed by atoms with Gasteiger partial charge in [0.05, 0.1) is 13.2 Å². The molecule has 0 radical (unpaired) electrons. The maximum absolute atomic E-state index is 12.1. The van der Waals surface area contributed by atoms with Crippen LogP contribution in [-0.4, -0.2) is 26.7 Å². The molecule has 2 atom stereocenters. The SMILES string of the molecule is COc1cccc([C@H](CNC(=O)[C@@H]2CC=CCC2)OC)c1. The summed E-state index contributed by atoms with van der Waals surface area (Å²) < 4.78 is 10.7. The number of amides is 1. The molecule has 2 rings (SSSR count). The van der Waals surface area contributed by atoms with Gasteiger partial charge < -0.3 is 14.8 Å². The van der Waals surface area contributed by atoms with Crippen molar-refractivity contribution in [1.29, 1.82) is 0 Å². The number of benzene rings is 1. The van der Waals surface area contributed by atoms with Crippen LogP contribution in [0.3, 0.4) is 0 Å². The van der Waals surface area contributed by atoms with Crippen LogP contribution in [0.2, 0.25) is 0 Å². The molecule has 0 bridgehead atoms. The first kappa shape index (κ1) is 15.6. The van der Waals surface area contributed by atoms with Gasteiger partial charge in [-0.1, -0.05) is 24.3 Å². The van der Waals surface area contributed by atoms with Gasteiger partial charge in [0.1, 0.15) is 5.75 Å². The summed E-state index contributed by atoms with van der Waals surface area (Å²) >= 11 is 0. The van der Waals surface area contributed by atoms with Gasteiger partial charge in [-0.2, -0.15) is 0 Å². The van der Waals surface area contributed by atoms with Crippen LogP contribution in [0, 0.1) is 5.92 Å². The molecule has 114 valence electrons. The maximum atomic E-state index is 12.1. The first-order valence-electron chi connectivity index (χ1n) is 7.34. The van der Waals surface area contributed by atoms with E-state index in [1.165, 1.54) is 0 Å². The monoisotopic (exact) mass is 289 g/mol. The summed E-state index contributed by atoms with van der Waals surface area (Å²) in [4.78, 5) is 12.1. The molecule has 1 aromatic carbocycles. The maximum Gasteiger partial charge on any atom is 0.223 e. The van der Waals surface area contributed by atoms with Crippen molar-refractivity contribution in [3.8, 4) is 5.75 Å². The van der Waals surface area contributed by atoms with E-state index in [1.807, 2.05) is 24.3 Å². The highest BCUT2D eigenvalue weighted by Gasteiger charge is 2.20. The first-order chi connectivity index (χ1) is 10.2. The zero-order chi connectivity index (χ0) is 15.1. The second kappa shape index (κ2) is 7.84.